The molecule has 72 valence electrons. The molecule has 2 aliphatic rings. The molecule has 0 unspecified atom stereocenters. The van der Waals surface area contributed by atoms with E-state index < -0.39 is 0 Å². The van der Waals surface area contributed by atoms with Crippen LogP contribution in [0.1, 0.15) is 23.2 Å². The number of Topliss-reactive ketones (excluding diaryl/α,β-unsaturated/α-hetero) is 1. The van der Waals surface area contributed by atoms with Gasteiger partial charge in [-0.15, -0.1) is 0 Å². The molecule has 0 amide bonds. The predicted octanol–water partition coefficient (Wildman–Crippen LogP) is 1.44. The molecule has 2 saturated carbocycles. The molecule has 0 spiro atoms. The first-order valence-electron chi connectivity index (χ1n) is 4.83. The van der Waals surface area contributed by atoms with Gasteiger partial charge in [-0.25, -0.2) is 0 Å². The molecule has 3 nitrogen and oxygen atoms in total. The third-order valence-electron chi connectivity index (χ3n) is 3.48. The van der Waals surface area contributed by atoms with E-state index in [1.807, 2.05) is 0 Å². The average Bonchev–Trinajstić information content (AvgIpc) is 2.95. The molecule has 14 heavy (non-hydrogen) atoms. The molecule has 1 aromatic rings. The Labute approximate surface area is 82.1 Å². The summed E-state index contributed by atoms with van der Waals surface area (Å²) in [4.78, 5) is 11.9. The summed E-state index contributed by atoms with van der Waals surface area (Å²) < 4.78 is 0. The summed E-state index contributed by atoms with van der Waals surface area (Å²) in [5.74, 6) is 0.933. The van der Waals surface area contributed by atoms with Crippen LogP contribution in [0.25, 0.3) is 0 Å². The largest absolute Gasteiger partial charge is 0.397 e. The van der Waals surface area contributed by atoms with Crippen LogP contribution in [0.2, 0.25) is 0 Å². The molecule has 0 radical (unpaired) electrons. The smallest absolute Gasteiger partial charge is 0.169 e. The number of ketones is 1. The van der Waals surface area contributed by atoms with Gasteiger partial charge in [-0.1, -0.05) is 0 Å². The summed E-state index contributed by atoms with van der Waals surface area (Å²) in [6, 6.07) is 5.18. The average molecular weight is 188 g/mol. The van der Waals surface area contributed by atoms with E-state index in [-0.39, 0.29) is 11.2 Å². The van der Waals surface area contributed by atoms with Crippen LogP contribution in [0, 0.1) is 11.3 Å². The summed E-state index contributed by atoms with van der Waals surface area (Å²) >= 11 is 0. The van der Waals surface area contributed by atoms with Crippen molar-refractivity contribution < 1.29 is 4.79 Å². The van der Waals surface area contributed by atoms with Crippen molar-refractivity contribution in [2.24, 2.45) is 11.3 Å². The number of hydrogen-bond acceptors (Lipinski definition) is 3. The second kappa shape index (κ2) is 2.11. The molecular formula is C11H12N2O. The summed E-state index contributed by atoms with van der Waals surface area (Å²) in [5, 5.41) is 0. The number of fused-ring (bicyclic) bond motifs is 1. The van der Waals surface area contributed by atoms with E-state index in [0.717, 1.165) is 18.4 Å². The van der Waals surface area contributed by atoms with Crippen LogP contribution < -0.4 is 11.5 Å². The molecule has 2 aliphatic carbocycles. The Hall–Kier alpha value is -1.51. The van der Waals surface area contributed by atoms with Crippen LogP contribution >= 0.6 is 0 Å². The van der Waals surface area contributed by atoms with Crippen molar-refractivity contribution in [2.75, 3.05) is 11.5 Å². The molecule has 3 heteroatoms. The van der Waals surface area contributed by atoms with Gasteiger partial charge in [-0.2, -0.15) is 0 Å². The normalized spacial score (nSPS) is 32.1. The zero-order chi connectivity index (χ0) is 9.92. The van der Waals surface area contributed by atoms with Gasteiger partial charge < -0.3 is 11.5 Å². The van der Waals surface area contributed by atoms with Crippen molar-refractivity contribution in [1.82, 2.24) is 0 Å². The van der Waals surface area contributed by atoms with E-state index in [9.17, 15) is 4.79 Å². The Morgan fingerprint density at radius 3 is 2.43 bits per heavy atom. The Morgan fingerprint density at radius 2 is 1.93 bits per heavy atom. The van der Waals surface area contributed by atoms with Crippen LogP contribution in [0.5, 0.6) is 0 Å². The molecule has 0 bridgehead atoms. The topological polar surface area (TPSA) is 69.1 Å². The Kier molecular flexibility index (Phi) is 1.18. The Balaban J connectivity index is 1.96. The first-order valence-corrected chi connectivity index (χ1v) is 4.83. The fraction of sp³-hybridized carbons (Fsp3) is 0.364. The van der Waals surface area contributed by atoms with Crippen molar-refractivity contribution in [1.29, 1.82) is 0 Å². The number of rotatable bonds is 2. The quantitative estimate of drug-likeness (QED) is 0.545. The SMILES string of the molecule is Nc1ccc(C(=O)[C@]23C[C@H]2C3)cc1N. The zero-order valence-electron chi connectivity index (χ0n) is 7.79. The lowest BCUT2D eigenvalue weighted by atomic mass is 10.0. The van der Waals surface area contributed by atoms with Gasteiger partial charge in [0, 0.05) is 11.0 Å². The van der Waals surface area contributed by atoms with Crippen LogP contribution in [0.15, 0.2) is 18.2 Å². The molecule has 0 aromatic heterocycles. The van der Waals surface area contributed by atoms with Crippen molar-refractivity contribution in [3.63, 3.8) is 0 Å². The molecule has 2 fully saturated rings. The third kappa shape index (κ3) is 0.842. The lowest BCUT2D eigenvalue weighted by Gasteiger charge is -2.05. The molecule has 0 saturated heterocycles. The van der Waals surface area contributed by atoms with Crippen molar-refractivity contribution >= 4 is 17.2 Å². The third-order valence-corrected chi connectivity index (χ3v) is 3.48. The zero-order valence-corrected chi connectivity index (χ0v) is 7.79. The highest BCUT2D eigenvalue weighted by Gasteiger charge is 2.74. The molecule has 3 rings (SSSR count). The number of benzene rings is 1. The van der Waals surface area contributed by atoms with E-state index >= 15 is 0 Å². The lowest BCUT2D eigenvalue weighted by Crippen LogP contribution is -2.08. The fourth-order valence-electron chi connectivity index (χ4n) is 2.08. The number of carbonyl (C=O) groups excluding carboxylic acids is 1. The van der Waals surface area contributed by atoms with E-state index in [2.05, 4.69) is 0 Å². The van der Waals surface area contributed by atoms with E-state index in [1.54, 1.807) is 18.2 Å². The van der Waals surface area contributed by atoms with Crippen LogP contribution in [0.3, 0.4) is 0 Å². The van der Waals surface area contributed by atoms with Gasteiger partial charge >= 0.3 is 0 Å². The summed E-state index contributed by atoms with van der Waals surface area (Å²) in [7, 11) is 0. The maximum Gasteiger partial charge on any atom is 0.169 e. The number of anilines is 2. The highest BCUT2D eigenvalue weighted by atomic mass is 16.1. The minimum Gasteiger partial charge on any atom is -0.397 e. The number of carbonyl (C=O) groups is 1. The number of nitrogens with two attached hydrogens (primary N) is 2. The fourth-order valence-corrected chi connectivity index (χ4v) is 2.08. The minimum absolute atomic E-state index is 0.0303. The standard InChI is InChI=1S/C11H12N2O/c12-8-2-1-6(3-9(8)13)10(14)11-4-7(11)5-11/h1-3,7H,4-5,12-13H2/t7-,11-. The lowest BCUT2D eigenvalue weighted by molar-refractivity contribution is 0.0937. The first-order chi connectivity index (χ1) is 6.63. The van der Waals surface area contributed by atoms with Gasteiger partial charge in [0.15, 0.2) is 5.78 Å². The van der Waals surface area contributed by atoms with Gasteiger partial charge in [0.05, 0.1) is 11.4 Å². The molecular weight excluding hydrogens is 176 g/mol. The molecule has 0 atom stereocenters. The molecule has 0 heterocycles. The minimum atomic E-state index is 0.0303. The summed E-state index contributed by atoms with van der Waals surface area (Å²) in [6.07, 6.45) is 2.16. The highest BCUT2D eigenvalue weighted by molar-refractivity contribution is 6.06. The van der Waals surface area contributed by atoms with Crippen molar-refractivity contribution in [3.05, 3.63) is 23.8 Å². The second-order valence-electron chi connectivity index (χ2n) is 4.43. The number of nitrogen functional groups attached to an aromatic ring is 2. The summed E-state index contributed by atoms with van der Waals surface area (Å²) in [6.45, 7) is 0. The van der Waals surface area contributed by atoms with E-state index in [4.69, 9.17) is 11.5 Å². The van der Waals surface area contributed by atoms with Crippen LogP contribution in [-0.4, -0.2) is 5.78 Å². The first kappa shape index (κ1) is 7.85. The van der Waals surface area contributed by atoms with E-state index in [1.165, 1.54) is 0 Å². The monoisotopic (exact) mass is 188 g/mol. The van der Waals surface area contributed by atoms with E-state index in [0.29, 0.717) is 17.3 Å². The van der Waals surface area contributed by atoms with Gasteiger partial charge in [-0.3, -0.25) is 4.79 Å². The maximum absolute atomic E-state index is 11.9. The van der Waals surface area contributed by atoms with Gasteiger partial charge in [0.1, 0.15) is 0 Å². The van der Waals surface area contributed by atoms with Gasteiger partial charge in [0.25, 0.3) is 0 Å². The highest BCUT2D eigenvalue weighted by Crippen LogP contribution is 2.76. The Morgan fingerprint density at radius 1 is 1.29 bits per heavy atom. The van der Waals surface area contributed by atoms with Crippen LogP contribution in [-0.2, 0) is 0 Å². The predicted molar refractivity (Wildman–Crippen MR) is 54.8 cm³/mol. The van der Waals surface area contributed by atoms with Crippen LogP contribution in [0.4, 0.5) is 11.4 Å². The van der Waals surface area contributed by atoms with Crippen molar-refractivity contribution in [2.45, 2.75) is 12.8 Å². The van der Waals surface area contributed by atoms with Gasteiger partial charge in [-0.05, 0) is 37.0 Å². The molecule has 1 aromatic carbocycles. The summed E-state index contributed by atoms with van der Waals surface area (Å²) in [5.41, 5.74) is 13.0. The molecule has 4 N–H and O–H groups in total. The molecule has 0 aliphatic heterocycles. The Bertz CT molecular complexity index is 433. The number of hydrogen-bond donors (Lipinski definition) is 2. The van der Waals surface area contributed by atoms with Gasteiger partial charge in [0.2, 0.25) is 0 Å². The second-order valence-corrected chi connectivity index (χ2v) is 4.43. The maximum atomic E-state index is 11.9. The van der Waals surface area contributed by atoms with Crippen molar-refractivity contribution in [3.8, 4) is 0 Å².